The lowest BCUT2D eigenvalue weighted by atomic mass is 10.1. The fourth-order valence-corrected chi connectivity index (χ4v) is 2.53. The fourth-order valence-electron chi connectivity index (χ4n) is 2.53. The summed E-state index contributed by atoms with van der Waals surface area (Å²) in [6.07, 6.45) is 4.84. The maximum absolute atomic E-state index is 11.6. The van der Waals surface area contributed by atoms with Gasteiger partial charge in [-0.25, -0.2) is 9.50 Å². The number of H-pyrrole nitrogens is 1. The number of nitrogens with zero attached hydrogens (tertiary/aromatic N) is 3. The van der Waals surface area contributed by atoms with Gasteiger partial charge in [0, 0.05) is 19.0 Å². The van der Waals surface area contributed by atoms with E-state index in [-0.39, 0.29) is 5.56 Å². The van der Waals surface area contributed by atoms with Crippen molar-refractivity contribution in [1.29, 1.82) is 0 Å². The van der Waals surface area contributed by atoms with Gasteiger partial charge in [0.15, 0.2) is 5.65 Å². The molecule has 0 bridgehead atoms. The van der Waals surface area contributed by atoms with Gasteiger partial charge in [0.1, 0.15) is 5.82 Å². The second kappa shape index (κ2) is 4.94. The van der Waals surface area contributed by atoms with Crippen molar-refractivity contribution in [2.75, 3.05) is 19.6 Å². The first-order valence-corrected chi connectivity index (χ1v) is 6.62. The minimum Gasteiger partial charge on any atom is -0.303 e. The van der Waals surface area contributed by atoms with Crippen LogP contribution in [0, 0.1) is 0 Å². The van der Waals surface area contributed by atoms with Crippen LogP contribution in [0.4, 0.5) is 0 Å². The normalized spacial score (nSPS) is 17.3. The van der Waals surface area contributed by atoms with Crippen molar-refractivity contribution >= 4 is 5.65 Å². The van der Waals surface area contributed by atoms with Crippen LogP contribution >= 0.6 is 0 Å². The van der Waals surface area contributed by atoms with Crippen molar-refractivity contribution in [3.8, 4) is 0 Å². The summed E-state index contributed by atoms with van der Waals surface area (Å²) in [5, 5.41) is 3.07. The molecule has 0 unspecified atom stereocenters. The predicted molar refractivity (Wildman–Crippen MR) is 69.8 cm³/mol. The van der Waals surface area contributed by atoms with Crippen molar-refractivity contribution in [2.24, 2.45) is 0 Å². The Bertz CT molecular complexity index is 580. The van der Waals surface area contributed by atoms with E-state index >= 15 is 0 Å². The van der Waals surface area contributed by atoms with E-state index in [0.717, 1.165) is 18.8 Å². The Kier molecular flexibility index (Phi) is 3.15. The maximum atomic E-state index is 11.6. The van der Waals surface area contributed by atoms with Gasteiger partial charge in [-0.1, -0.05) is 12.5 Å². The summed E-state index contributed by atoms with van der Waals surface area (Å²) in [4.78, 5) is 18.5. The third kappa shape index (κ3) is 2.31. The Hall–Kier alpha value is -1.62. The van der Waals surface area contributed by atoms with Crippen LogP contribution in [0.15, 0.2) is 23.0 Å². The lowest BCUT2D eigenvalue weighted by molar-refractivity contribution is 0.230. The highest BCUT2D eigenvalue weighted by Crippen LogP contribution is 2.09. The maximum Gasteiger partial charge on any atom is 0.271 e. The third-order valence-corrected chi connectivity index (χ3v) is 3.54. The molecule has 5 nitrogen and oxygen atoms in total. The van der Waals surface area contributed by atoms with E-state index < -0.39 is 0 Å². The van der Waals surface area contributed by atoms with E-state index in [9.17, 15) is 4.79 Å². The largest absolute Gasteiger partial charge is 0.303 e. The van der Waals surface area contributed by atoms with Gasteiger partial charge >= 0.3 is 0 Å². The van der Waals surface area contributed by atoms with Crippen molar-refractivity contribution < 1.29 is 0 Å². The van der Waals surface area contributed by atoms with E-state index in [1.54, 1.807) is 12.1 Å². The van der Waals surface area contributed by atoms with Crippen LogP contribution in [0.2, 0.25) is 0 Å². The number of piperidine rings is 1. The van der Waals surface area contributed by atoms with Gasteiger partial charge in [-0.3, -0.25) is 9.89 Å². The third-order valence-electron chi connectivity index (χ3n) is 3.54. The minimum absolute atomic E-state index is 0.0516. The number of hydrogen-bond donors (Lipinski definition) is 1. The molecule has 0 saturated carbocycles. The van der Waals surface area contributed by atoms with E-state index in [2.05, 4.69) is 15.0 Å². The molecular formula is C13H18N4O. The van der Waals surface area contributed by atoms with Crippen LogP contribution in [0.1, 0.15) is 25.1 Å². The van der Waals surface area contributed by atoms with Crippen LogP contribution in [0.25, 0.3) is 5.65 Å². The molecule has 96 valence electrons. The summed E-state index contributed by atoms with van der Waals surface area (Å²) in [5.74, 6) is 0.892. The number of likely N-dealkylation sites (tertiary alicyclic amines) is 1. The Morgan fingerprint density at radius 1 is 1.22 bits per heavy atom. The number of rotatable bonds is 3. The molecule has 2 aromatic rings. The minimum atomic E-state index is -0.0516. The van der Waals surface area contributed by atoms with Gasteiger partial charge in [-0.15, -0.1) is 0 Å². The standard InChI is InChI=1S/C13H18N4O/c18-13-6-4-5-12-14-11(15-17(12)13)7-10-16-8-2-1-3-9-16/h4-6H,1-3,7-10H2,(H,14,15). The highest BCUT2D eigenvalue weighted by molar-refractivity contribution is 5.36. The zero-order valence-corrected chi connectivity index (χ0v) is 10.4. The highest BCUT2D eigenvalue weighted by atomic mass is 16.1. The zero-order valence-electron chi connectivity index (χ0n) is 10.4. The van der Waals surface area contributed by atoms with Crippen molar-refractivity contribution in [3.05, 3.63) is 34.4 Å². The molecule has 1 fully saturated rings. The van der Waals surface area contributed by atoms with Crippen molar-refractivity contribution in [2.45, 2.75) is 25.7 Å². The van der Waals surface area contributed by atoms with Crippen LogP contribution in [0.3, 0.4) is 0 Å². The first-order valence-electron chi connectivity index (χ1n) is 6.62. The second-order valence-electron chi connectivity index (χ2n) is 4.88. The molecule has 3 rings (SSSR count). The predicted octanol–water partition coefficient (Wildman–Crippen LogP) is 1.05. The van der Waals surface area contributed by atoms with E-state index in [1.807, 2.05) is 6.07 Å². The molecule has 18 heavy (non-hydrogen) atoms. The molecule has 1 saturated heterocycles. The molecule has 0 radical (unpaired) electrons. The summed E-state index contributed by atoms with van der Waals surface area (Å²) in [6.45, 7) is 3.41. The van der Waals surface area contributed by atoms with Crippen LogP contribution in [0.5, 0.6) is 0 Å². The van der Waals surface area contributed by atoms with Gasteiger partial charge in [-0.05, 0) is 32.0 Å². The van der Waals surface area contributed by atoms with Gasteiger partial charge < -0.3 is 4.90 Å². The Balaban J connectivity index is 1.71. The molecule has 1 aliphatic rings. The molecule has 1 N–H and O–H groups in total. The van der Waals surface area contributed by atoms with Gasteiger partial charge in [0.25, 0.3) is 5.56 Å². The summed E-state index contributed by atoms with van der Waals surface area (Å²) in [7, 11) is 0. The molecule has 0 aromatic carbocycles. The number of hydrogen-bond acceptors (Lipinski definition) is 3. The lowest BCUT2D eigenvalue weighted by Crippen LogP contribution is -2.31. The quantitative estimate of drug-likeness (QED) is 0.880. The molecule has 5 heteroatoms. The number of pyridine rings is 1. The average Bonchev–Trinajstić information content (AvgIpc) is 2.82. The van der Waals surface area contributed by atoms with Gasteiger partial charge in [0.05, 0.1) is 0 Å². The van der Waals surface area contributed by atoms with Crippen LogP contribution in [-0.4, -0.2) is 39.1 Å². The number of aromatic amines is 1. The number of aromatic nitrogens is 3. The van der Waals surface area contributed by atoms with Gasteiger partial charge in [0.2, 0.25) is 0 Å². The first kappa shape index (κ1) is 11.5. The molecule has 0 atom stereocenters. The molecule has 0 amide bonds. The van der Waals surface area contributed by atoms with Crippen molar-refractivity contribution in [3.63, 3.8) is 0 Å². The highest BCUT2D eigenvalue weighted by Gasteiger charge is 2.11. The Morgan fingerprint density at radius 2 is 2.06 bits per heavy atom. The zero-order chi connectivity index (χ0) is 12.4. The summed E-state index contributed by atoms with van der Waals surface area (Å²) in [6, 6.07) is 5.13. The first-order chi connectivity index (χ1) is 8.83. The Labute approximate surface area is 105 Å². The summed E-state index contributed by atoms with van der Waals surface area (Å²) < 4.78 is 1.51. The lowest BCUT2D eigenvalue weighted by Gasteiger charge is -2.25. The average molecular weight is 246 g/mol. The SMILES string of the molecule is O=c1cccc2nc(CCN3CCCCC3)[nH]n12. The van der Waals surface area contributed by atoms with E-state index in [4.69, 9.17) is 0 Å². The molecule has 3 heterocycles. The monoisotopic (exact) mass is 246 g/mol. The van der Waals surface area contributed by atoms with Crippen LogP contribution in [-0.2, 0) is 6.42 Å². The van der Waals surface area contributed by atoms with Crippen LogP contribution < -0.4 is 5.56 Å². The topological polar surface area (TPSA) is 53.4 Å². The summed E-state index contributed by atoms with van der Waals surface area (Å²) in [5.41, 5.74) is 0.653. The Morgan fingerprint density at radius 3 is 2.83 bits per heavy atom. The molecule has 1 aliphatic heterocycles. The molecular weight excluding hydrogens is 228 g/mol. The summed E-state index contributed by atoms with van der Waals surface area (Å²) >= 11 is 0. The smallest absolute Gasteiger partial charge is 0.271 e. The molecule has 0 aliphatic carbocycles. The number of fused-ring (bicyclic) bond motifs is 1. The van der Waals surface area contributed by atoms with Gasteiger partial charge in [-0.2, -0.15) is 0 Å². The van der Waals surface area contributed by atoms with E-state index in [1.165, 1.54) is 36.9 Å². The second-order valence-corrected chi connectivity index (χ2v) is 4.88. The van der Waals surface area contributed by atoms with Crippen molar-refractivity contribution in [1.82, 2.24) is 19.5 Å². The number of nitrogens with one attached hydrogen (secondary N) is 1. The molecule has 0 spiro atoms. The molecule has 2 aromatic heterocycles. The van der Waals surface area contributed by atoms with E-state index in [0.29, 0.717) is 5.65 Å². The fraction of sp³-hybridized carbons (Fsp3) is 0.538.